The fourth-order valence-corrected chi connectivity index (χ4v) is 2.49. The Bertz CT molecular complexity index is 472. The number of nitrogens with zero attached hydrogens (tertiary/aromatic N) is 3. The van der Waals surface area contributed by atoms with Gasteiger partial charge in [0, 0.05) is 24.7 Å². The summed E-state index contributed by atoms with van der Waals surface area (Å²) in [4.78, 5) is 11.0. The van der Waals surface area contributed by atoms with Gasteiger partial charge in [0.15, 0.2) is 0 Å². The van der Waals surface area contributed by atoms with E-state index in [4.69, 9.17) is 5.11 Å². The van der Waals surface area contributed by atoms with Crippen LogP contribution < -0.4 is 0 Å². The van der Waals surface area contributed by atoms with Crippen molar-refractivity contribution in [3.63, 3.8) is 0 Å². The van der Waals surface area contributed by atoms with Crippen LogP contribution in [0.25, 0.3) is 10.7 Å². The Kier molecular flexibility index (Phi) is 4.81. The van der Waals surface area contributed by atoms with Crippen molar-refractivity contribution < 1.29 is 5.11 Å². The van der Waals surface area contributed by atoms with Crippen LogP contribution in [0, 0.1) is 0 Å². The molecule has 0 spiro atoms. The molecule has 0 aromatic carbocycles. The Hall–Kier alpha value is -1.30. The lowest BCUT2D eigenvalue weighted by molar-refractivity contribution is 0.195. The van der Waals surface area contributed by atoms with E-state index in [0.29, 0.717) is 6.54 Å². The Labute approximate surface area is 111 Å². The zero-order valence-electron chi connectivity index (χ0n) is 10.4. The molecule has 2 aromatic heterocycles. The highest BCUT2D eigenvalue weighted by Gasteiger charge is 2.08. The molecule has 0 atom stereocenters. The molecule has 96 valence electrons. The summed E-state index contributed by atoms with van der Waals surface area (Å²) in [6.45, 7) is 4.65. The first-order valence-corrected chi connectivity index (χ1v) is 6.90. The van der Waals surface area contributed by atoms with Crippen LogP contribution in [-0.2, 0) is 6.54 Å². The average Bonchev–Trinajstić information content (AvgIpc) is 2.88. The molecule has 0 unspecified atom stereocenters. The molecule has 2 rings (SSSR count). The number of rotatable bonds is 6. The third-order valence-electron chi connectivity index (χ3n) is 2.68. The van der Waals surface area contributed by atoms with E-state index in [2.05, 4.69) is 27.2 Å². The average molecular weight is 263 g/mol. The molecule has 0 aliphatic rings. The zero-order chi connectivity index (χ0) is 12.8. The summed E-state index contributed by atoms with van der Waals surface area (Å²) >= 11 is 1.61. The molecule has 0 aliphatic carbocycles. The molecule has 0 amide bonds. The van der Waals surface area contributed by atoms with Crippen molar-refractivity contribution in [2.45, 2.75) is 13.5 Å². The van der Waals surface area contributed by atoms with Crippen molar-refractivity contribution >= 4 is 11.3 Å². The minimum atomic E-state index is 0.186. The van der Waals surface area contributed by atoms with E-state index in [0.717, 1.165) is 29.5 Å². The van der Waals surface area contributed by atoms with E-state index >= 15 is 0 Å². The Morgan fingerprint density at radius 2 is 2.28 bits per heavy atom. The number of aromatic nitrogens is 2. The lowest BCUT2D eigenvalue weighted by Gasteiger charge is -2.17. The summed E-state index contributed by atoms with van der Waals surface area (Å²) in [6, 6.07) is 5.83. The monoisotopic (exact) mass is 263 g/mol. The molecule has 0 radical (unpaired) electrons. The van der Waals surface area contributed by atoms with Gasteiger partial charge in [-0.2, -0.15) is 0 Å². The van der Waals surface area contributed by atoms with E-state index in [1.807, 2.05) is 18.2 Å². The van der Waals surface area contributed by atoms with Crippen LogP contribution >= 0.6 is 11.3 Å². The van der Waals surface area contributed by atoms with Gasteiger partial charge in [0.05, 0.1) is 18.0 Å². The van der Waals surface area contributed by atoms with Crippen molar-refractivity contribution in [2.75, 3.05) is 19.7 Å². The van der Waals surface area contributed by atoms with Gasteiger partial charge >= 0.3 is 0 Å². The normalized spacial score (nSPS) is 11.1. The molecule has 0 saturated heterocycles. The molecule has 4 nitrogen and oxygen atoms in total. The van der Waals surface area contributed by atoms with E-state index in [1.165, 1.54) is 0 Å². The van der Waals surface area contributed by atoms with Crippen molar-refractivity contribution in [3.8, 4) is 10.7 Å². The Morgan fingerprint density at radius 3 is 2.94 bits per heavy atom. The predicted molar refractivity (Wildman–Crippen MR) is 73.4 cm³/mol. The van der Waals surface area contributed by atoms with Crippen molar-refractivity contribution in [1.29, 1.82) is 0 Å². The lowest BCUT2D eigenvalue weighted by atomic mass is 10.3. The first-order chi connectivity index (χ1) is 8.83. The minimum absolute atomic E-state index is 0.186. The van der Waals surface area contributed by atoms with Crippen LogP contribution in [0.1, 0.15) is 12.6 Å². The number of pyridine rings is 1. The molecule has 0 aliphatic heterocycles. The lowest BCUT2D eigenvalue weighted by Crippen LogP contribution is -2.26. The fourth-order valence-electron chi connectivity index (χ4n) is 1.71. The highest BCUT2D eigenvalue weighted by Crippen LogP contribution is 2.21. The maximum atomic E-state index is 8.96. The smallest absolute Gasteiger partial charge is 0.142 e. The molecule has 2 heterocycles. The molecular formula is C13H17N3OS. The molecule has 1 N–H and O–H groups in total. The fraction of sp³-hybridized carbons (Fsp3) is 0.385. The number of hydrogen-bond donors (Lipinski definition) is 1. The molecule has 18 heavy (non-hydrogen) atoms. The number of likely N-dealkylation sites (N-methyl/N-ethyl adjacent to an activating group) is 1. The van der Waals surface area contributed by atoms with Gasteiger partial charge in [0.1, 0.15) is 5.01 Å². The highest BCUT2D eigenvalue weighted by atomic mass is 32.1. The van der Waals surface area contributed by atoms with Gasteiger partial charge in [0.25, 0.3) is 0 Å². The summed E-state index contributed by atoms with van der Waals surface area (Å²) < 4.78 is 0. The maximum Gasteiger partial charge on any atom is 0.142 e. The third-order valence-corrected chi connectivity index (χ3v) is 3.60. The van der Waals surface area contributed by atoms with E-state index in [1.54, 1.807) is 17.5 Å². The van der Waals surface area contributed by atoms with Crippen LogP contribution in [0.2, 0.25) is 0 Å². The van der Waals surface area contributed by atoms with Crippen molar-refractivity contribution in [2.24, 2.45) is 0 Å². The van der Waals surface area contributed by atoms with Gasteiger partial charge in [-0.25, -0.2) is 4.98 Å². The van der Waals surface area contributed by atoms with Gasteiger partial charge in [0.2, 0.25) is 0 Å². The van der Waals surface area contributed by atoms with Gasteiger partial charge in [-0.1, -0.05) is 13.0 Å². The Balaban J connectivity index is 2.06. The number of hydrogen-bond acceptors (Lipinski definition) is 5. The van der Waals surface area contributed by atoms with Crippen LogP contribution in [0.15, 0.2) is 29.8 Å². The van der Waals surface area contributed by atoms with E-state index in [9.17, 15) is 0 Å². The molecule has 0 bridgehead atoms. The Morgan fingerprint density at radius 1 is 1.39 bits per heavy atom. The summed E-state index contributed by atoms with van der Waals surface area (Å²) in [6.07, 6.45) is 1.78. The summed E-state index contributed by atoms with van der Waals surface area (Å²) in [5.74, 6) is 0. The second kappa shape index (κ2) is 6.58. The topological polar surface area (TPSA) is 49.2 Å². The summed E-state index contributed by atoms with van der Waals surface area (Å²) in [5, 5.41) is 12.0. The van der Waals surface area contributed by atoms with Crippen molar-refractivity contribution in [3.05, 3.63) is 35.5 Å². The third kappa shape index (κ3) is 3.35. The minimum Gasteiger partial charge on any atom is -0.395 e. The molecular weight excluding hydrogens is 246 g/mol. The maximum absolute atomic E-state index is 8.96. The second-order valence-electron chi connectivity index (χ2n) is 3.95. The van der Waals surface area contributed by atoms with Gasteiger partial charge in [-0.15, -0.1) is 11.3 Å². The predicted octanol–water partition coefficient (Wildman–Crippen LogP) is 2.02. The molecule has 0 saturated carbocycles. The van der Waals surface area contributed by atoms with Crippen LogP contribution in [0.4, 0.5) is 0 Å². The molecule has 5 heteroatoms. The largest absolute Gasteiger partial charge is 0.395 e. The highest BCUT2D eigenvalue weighted by molar-refractivity contribution is 7.13. The first kappa shape index (κ1) is 13.1. The van der Waals surface area contributed by atoms with Gasteiger partial charge < -0.3 is 5.11 Å². The second-order valence-corrected chi connectivity index (χ2v) is 4.81. The van der Waals surface area contributed by atoms with Crippen LogP contribution in [-0.4, -0.2) is 39.7 Å². The SMILES string of the molecule is CCN(CCO)Cc1csc(-c2ccccn2)n1. The summed E-state index contributed by atoms with van der Waals surface area (Å²) in [7, 11) is 0. The quantitative estimate of drug-likeness (QED) is 0.866. The van der Waals surface area contributed by atoms with Gasteiger partial charge in [-0.05, 0) is 18.7 Å². The zero-order valence-corrected chi connectivity index (χ0v) is 11.2. The first-order valence-electron chi connectivity index (χ1n) is 6.02. The van der Waals surface area contributed by atoms with Crippen LogP contribution in [0.3, 0.4) is 0 Å². The standard InChI is InChI=1S/C13H17N3OS/c1-2-16(7-8-17)9-11-10-18-13(15-11)12-5-3-4-6-14-12/h3-6,10,17H,2,7-9H2,1H3. The molecule has 2 aromatic rings. The number of aliphatic hydroxyl groups excluding tert-OH is 1. The van der Waals surface area contributed by atoms with Crippen LogP contribution in [0.5, 0.6) is 0 Å². The molecule has 0 fully saturated rings. The van der Waals surface area contributed by atoms with E-state index < -0.39 is 0 Å². The number of thiazole rings is 1. The van der Waals surface area contributed by atoms with Gasteiger partial charge in [-0.3, -0.25) is 9.88 Å². The number of aliphatic hydroxyl groups is 1. The summed E-state index contributed by atoms with van der Waals surface area (Å²) in [5.41, 5.74) is 1.95. The van der Waals surface area contributed by atoms with Crippen molar-refractivity contribution in [1.82, 2.24) is 14.9 Å². The van der Waals surface area contributed by atoms with E-state index in [-0.39, 0.29) is 6.61 Å².